The van der Waals surface area contributed by atoms with Crippen LogP contribution in [0.5, 0.6) is 0 Å². The van der Waals surface area contributed by atoms with Gasteiger partial charge in [-0.15, -0.1) is 0 Å². The highest BCUT2D eigenvalue weighted by atomic mass is 28.3. The first-order valence-electron chi connectivity index (χ1n) is 9.12. The van der Waals surface area contributed by atoms with Gasteiger partial charge in [0.2, 0.25) is 0 Å². The van der Waals surface area contributed by atoms with E-state index in [4.69, 9.17) is 0 Å². The summed E-state index contributed by atoms with van der Waals surface area (Å²) in [6.07, 6.45) is 11.1. The Balaban J connectivity index is 1.92. The molecule has 4 heteroatoms. The Hall–Kier alpha value is -0.166. The van der Waals surface area contributed by atoms with Gasteiger partial charge in [0, 0.05) is 34.3 Å². The molecule has 4 unspecified atom stereocenters. The fourth-order valence-corrected chi connectivity index (χ4v) is 14.5. The Labute approximate surface area is 139 Å². The van der Waals surface area contributed by atoms with Gasteiger partial charge in [0.1, 0.15) is 8.24 Å². The molecule has 1 saturated heterocycles. The van der Waals surface area contributed by atoms with E-state index in [0.29, 0.717) is 0 Å². The second kappa shape index (κ2) is 6.04. The molecule has 3 aliphatic rings. The van der Waals surface area contributed by atoms with Gasteiger partial charge in [0.25, 0.3) is 0 Å². The van der Waals surface area contributed by atoms with Gasteiger partial charge in [-0.1, -0.05) is 57.0 Å². The van der Waals surface area contributed by atoms with Crippen LogP contribution >= 0.6 is 0 Å². The maximum atomic E-state index is 3.54. The zero-order chi connectivity index (χ0) is 16.0. The molecule has 1 heterocycles. The van der Waals surface area contributed by atoms with E-state index in [2.05, 4.69) is 66.9 Å². The number of hydrogen-bond donors (Lipinski definition) is 1. The summed E-state index contributed by atoms with van der Waals surface area (Å²) in [6.45, 7) is 18.1. The van der Waals surface area contributed by atoms with Gasteiger partial charge in [-0.25, -0.2) is 0 Å². The van der Waals surface area contributed by atoms with Crippen LogP contribution in [-0.4, -0.2) is 47.1 Å². The molecule has 22 heavy (non-hydrogen) atoms. The highest BCUT2D eigenvalue weighted by molar-refractivity contribution is 6.83. The van der Waals surface area contributed by atoms with Crippen LogP contribution in [0, 0.1) is 11.8 Å². The van der Waals surface area contributed by atoms with Crippen LogP contribution in [0.25, 0.3) is 0 Å². The molecule has 0 aromatic rings. The largest absolute Gasteiger partial charge is 0.321 e. The predicted molar refractivity (Wildman–Crippen MR) is 103 cm³/mol. The second-order valence-electron chi connectivity index (χ2n) is 9.14. The molecular weight excluding hydrogens is 300 g/mol. The molecule has 2 nitrogen and oxygen atoms in total. The molecule has 4 atom stereocenters. The van der Waals surface area contributed by atoms with E-state index in [1.165, 1.54) is 32.6 Å². The normalized spacial score (nSPS) is 36.6. The zero-order valence-electron chi connectivity index (χ0n) is 15.1. The van der Waals surface area contributed by atoms with Crippen LogP contribution in [0.3, 0.4) is 0 Å². The first-order chi connectivity index (χ1) is 10.3. The van der Waals surface area contributed by atoms with Crippen molar-refractivity contribution in [3.63, 3.8) is 0 Å². The number of rotatable bonds is 3. The van der Waals surface area contributed by atoms with Gasteiger partial charge >= 0.3 is 0 Å². The summed E-state index contributed by atoms with van der Waals surface area (Å²) in [6, 6.07) is 0. The average Bonchev–Trinajstić information content (AvgIpc) is 2.88. The number of piperazine rings is 1. The lowest BCUT2D eigenvalue weighted by atomic mass is 9.92. The van der Waals surface area contributed by atoms with E-state index in [9.17, 15) is 0 Å². The molecule has 0 radical (unpaired) electrons. The quantitative estimate of drug-likeness (QED) is 0.787. The summed E-state index contributed by atoms with van der Waals surface area (Å²) < 4.78 is 2.91. The van der Waals surface area contributed by atoms with E-state index < -0.39 is 16.3 Å². The minimum atomic E-state index is -1.41. The number of allylic oxidation sites excluding steroid dienone is 4. The topological polar surface area (TPSA) is 15.3 Å². The van der Waals surface area contributed by atoms with Crippen molar-refractivity contribution in [1.82, 2.24) is 9.88 Å². The fourth-order valence-electron chi connectivity index (χ4n) is 5.31. The fraction of sp³-hybridized carbons (Fsp3) is 0.778. The Kier molecular flexibility index (Phi) is 4.58. The van der Waals surface area contributed by atoms with E-state index in [1.807, 2.05) is 0 Å². The number of fused-ring (bicyclic) bond motifs is 1. The molecule has 1 aliphatic heterocycles. The van der Waals surface area contributed by atoms with Crippen molar-refractivity contribution in [2.24, 2.45) is 11.8 Å². The molecule has 124 valence electrons. The molecule has 0 aromatic carbocycles. The summed E-state index contributed by atoms with van der Waals surface area (Å²) >= 11 is 0. The van der Waals surface area contributed by atoms with E-state index in [0.717, 1.165) is 22.9 Å². The molecule has 3 rings (SSSR count). The van der Waals surface area contributed by atoms with Crippen molar-refractivity contribution < 1.29 is 0 Å². The Morgan fingerprint density at radius 2 is 1.59 bits per heavy atom. The standard InChI is InChI=1S/C18H34N2Si2/c1-21(2,3)17-14-15-8-6-7-9-16(15)18(17)22(4,5)20-12-10-19-11-13-20/h6-9,15-19H,10-14H2,1-5H3. The first-order valence-corrected chi connectivity index (χ1v) is 15.7. The van der Waals surface area contributed by atoms with Crippen LogP contribution in [0.1, 0.15) is 6.42 Å². The van der Waals surface area contributed by atoms with Gasteiger partial charge in [-0.2, -0.15) is 0 Å². The Morgan fingerprint density at radius 3 is 2.23 bits per heavy atom. The van der Waals surface area contributed by atoms with Gasteiger partial charge in [-0.3, -0.25) is 0 Å². The highest BCUT2D eigenvalue weighted by Crippen LogP contribution is 2.59. The molecule has 0 bridgehead atoms. The molecule has 1 saturated carbocycles. The smallest absolute Gasteiger partial charge is 0.126 e. The van der Waals surface area contributed by atoms with E-state index in [1.54, 1.807) is 0 Å². The second-order valence-corrected chi connectivity index (χ2v) is 19.2. The third-order valence-corrected chi connectivity index (χ3v) is 14.2. The number of nitrogens with zero attached hydrogens (tertiary/aromatic N) is 1. The Bertz CT molecular complexity index is 458. The zero-order valence-corrected chi connectivity index (χ0v) is 17.1. The molecule has 0 aromatic heterocycles. The van der Waals surface area contributed by atoms with Crippen molar-refractivity contribution >= 4 is 16.3 Å². The molecule has 2 aliphatic carbocycles. The van der Waals surface area contributed by atoms with Crippen LogP contribution in [0.15, 0.2) is 24.3 Å². The lowest BCUT2D eigenvalue weighted by molar-refractivity contribution is 0.346. The van der Waals surface area contributed by atoms with Gasteiger partial charge in [-0.05, 0) is 29.3 Å². The molecule has 0 spiro atoms. The molecular formula is C18H34N2Si2. The summed E-state index contributed by atoms with van der Waals surface area (Å²) in [5.41, 5.74) is 1.94. The van der Waals surface area contributed by atoms with Crippen molar-refractivity contribution in [3.05, 3.63) is 24.3 Å². The van der Waals surface area contributed by atoms with Crippen molar-refractivity contribution in [2.75, 3.05) is 26.2 Å². The van der Waals surface area contributed by atoms with Gasteiger partial charge in [0.15, 0.2) is 0 Å². The number of nitrogens with one attached hydrogen (secondary N) is 1. The summed E-state index contributed by atoms with van der Waals surface area (Å²) in [7, 11) is -2.53. The highest BCUT2D eigenvalue weighted by Gasteiger charge is 2.55. The van der Waals surface area contributed by atoms with Crippen LogP contribution in [0.4, 0.5) is 0 Å². The lowest BCUT2D eigenvalue weighted by Crippen LogP contribution is -2.60. The Morgan fingerprint density at radius 1 is 0.955 bits per heavy atom. The molecule has 0 amide bonds. The minimum absolute atomic E-state index is 0.818. The maximum absolute atomic E-state index is 3.54. The summed E-state index contributed by atoms with van der Waals surface area (Å²) in [5.74, 6) is 1.64. The lowest BCUT2D eigenvalue weighted by Gasteiger charge is -2.49. The predicted octanol–water partition coefficient (Wildman–Crippen LogP) is 3.94. The molecule has 2 fully saturated rings. The first kappa shape index (κ1) is 16.7. The van der Waals surface area contributed by atoms with E-state index >= 15 is 0 Å². The van der Waals surface area contributed by atoms with Gasteiger partial charge < -0.3 is 9.88 Å². The van der Waals surface area contributed by atoms with Crippen molar-refractivity contribution in [1.29, 1.82) is 0 Å². The minimum Gasteiger partial charge on any atom is -0.321 e. The third-order valence-electron chi connectivity index (χ3n) is 6.53. The van der Waals surface area contributed by atoms with Gasteiger partial charge in [0.05, 0.1) is 0 Å². The van der Waals surface area contributed by atoms with Crippen LogP contribution < -0.4 is 5.32 Å². The SMILES string of the molecule is C[Si](C)(C)C1CC2C=CC=CC2C1[Si](C)(C)N1CCNCC1. The monoisotopic (exact) mass is 334 g/mol. The van der Waals surface area contributed by atoms with Crippen molar-refractivity contribution in [2.45, 2.75) is 50.2 Å². The van der Waals surface area contributed by atoms with Crippen LogP contribution in [-0.2, 0) is 0 Å². The van der Waals surface area contributed by atoms with E-state index in [-0.39, 0.29) is 0 Å². The number of hydrogen-bond acceptors (Lipinski definition) is 2. The average molecular weight is 335 g/mol. The molecule has 1 N–H and O–H groups in total. The third kappa shape index (κ3) is 2.95. The maximum Gasteiger partial charge on any atom is 0.126 e. The summed E-state index contributed by atoms with van der Waals surface area (Å²) in [5, 5.41) is 3.54. The summed E-state index contributed by atoms with van der Waals surface area (Å²) in [4.78, 5) is 0. The van der Waals surface area contributed by atoms with Crippen LogP contribution in [0.2, 0.25) is 43.8 Å². The van der Waals surface area contributed by atoms with Crippen molar-refractivity contribution in [3.8, 4) is 0 Å².